The van der Waals surface area contributed by atoms with E-state index >= 15 is 0 Å². The van der Waals surface area contributed by atoms with Crippen molar-refractivity contribution in [1.82, 2.24) is 0 Å². The molecule has 0 radical (unpaired) electrons. The van der Waals surface area contributed by atoms with Crippen molar-refractivity contribution in [3.8, 4) is 11.8 Å². The zero-order valence-corrected chi connectivity index (χ0v) is 22.5. The molecule has 9 heteroatoms. The molecule has 0 aliphatic heterocycles. The van der Waals surface area contributed by atoms with Crippen LogP contribution in [0.3, 0.4) is 0 Å². The first-order chi connectivity index (χ1) is 15.7. The Morgan fingerprint density at radius 2 is 1.70 bits per heavy atom. The van der Waals surface area contributed by atoms with E-state index in [1.165, 1.54) is 6.08 Å². The van der Waals surface area contributed by atoms with Crippen LogP contribution in [0.25, 0.3) is 6.08 Å². The molecule has 0 spiro atoms. The predicted octanol–water partition coefficient (Wildman–Crippen LogP) is 8.60. The molecule has 3 aromatic rings. The Hall–Kier alpha value is -2.01. The highest BCUT2D eigenvalue weighted by Gasteiger charge is 2.14. The highest BCUT2D eigenvalue weighted by atomic mass is 79.9. The third-order valence-electron chi connectivity index (χ3n) is 4.53. The molecule has 3 aromatic carbocycles. The number of hydrogen-bond donors (Lipinski definition) is 1. The number of amides is 1. The maximum atomic E-state index is 12.6. The van der Waals surface area contributed by atoms with Crippen LogP contribution in [0.5, 0.6) is 5.75 Å². The second-order valence-corrected chi connectivity index (χ2v) is 9.91. The molecule has 0 atom stereocenters. The van der Waals surface area contributed by atoms with E-state index in [2.05, 4.69) is 37.2 Å². The molecule has 4 nitrogen and oxygen atoms in total. The van der Waals surface area contributed by atoms with E-state index in [1.54, 1.807) is 48.5 Å². The standard InChI is InChI=1S/C24H15Br2Cl3N2O2/c1-13-2-4-18(28)10-22(13)31-24(32)16(11-30)6-14-7-19(25)23(20(26)8-14)33-12-15-3-5-17(27)9-21(15)29/h2-10H,12H2,1H3,(H,31,32)/b16-6+. The molecule has 0 aromatic heterocycles. The van der Waals surface area contributed by atoms with Gasteiger partial charge in [0.05, 0.1) is 8.95 Å². The van der Waals surface area contributed by atoms with Gasteiger partial charge in [0.1, 0.15) is 24.0 Å². The molecule has 0 aliphatic rings. The maximum Gasteiger partial charge on any atom is 0.266 e. The second kappa shape index (κ2) is 11.4. The lowest BCUT2D eigenvalue weighted by Gasteiger charge is -2.13. The van der Waals surface area contributed by atoms with Gasteiger partial charge >= 0.3 is 0 Å². The van der Waals surface area contributed by atoms with E-state index in [-0.39, 0.29) is 12.2 Å². The van der Waals surface area contributed by atoms with Gasteiger partial charge in [-0.15, -0.1) is 0 Å². The first kappa shape index (κ1) is 25.6. The topological polar surface area (TPSA) is 62.1 Å². The lowest BCUT2D eigenvalue weighted by atomic mass is 10.1. The van der Waals surface area contributed by atoms with Crippen molar-refractivity contribution in [3.63, 3.8) is 0 Å². The summed E-state index contributed by atoms with van der Waals surface area (Å²) in [5, 5.41) is 13.8. The number of nitrogens with zero attached hydrogens (tertiary/aromatic N) is 1. The van der Waals surface area contributed by atoms with E-state index in [0.717, 1.165) is 11.1 Å². The van der Waals surface area contributed by atoms with Gasteiger partial charge in [-0.05, 0) is 92.4 Å². The fourth-order valence-electron chi connectivity index (χ4n) is 2.82. The third kappa shape index (κ3) is 6.75. The number of benzene rings is 3. The number of aryl methyl sites for hydroxylation is 1. The van der Waals surface area contributed by atoms with Gasteiger partial charge in [-0.25, -0.2) is 0 Å². The van der Waals surface area contributed by atoms with Gasteiger partial charge in [0.15, 0.2) is 0 Å². The van der Waals surface area contributed by atoms with Crippen molar-refractivity contribution in [2.75, 3.05) is 5.32 Å². The predicted molar refractivity (Wildman–Crippen MR) is 141 cm³/mol. The lowest BCUT2D eigenvalue weighted by Crippen LogP contribution is -2.14. The molecule has 3 rings (SSSR count). The monoisotopic (exact) mass is 626 g/mol. The van der Waals surface area contributed by atoms with E-state index in [9.17, 15) is 10.1 Å². The fraction of sp³-hybridized carbons (Fsp3) is 0.0833. The first-order valence-electron chi connectivity index (χ1n) is 9.43. The summed E-state index contributed by atoms with van der Waals surface area (Å²) in [6.07, 6.45) is 1.49. The van der Waals surface area contributed by atoms with E-state index in [4.69, 9.17) is 39.5 Å². The Morgan fingerprint density at radius 3 is 2.33 bits per heavy atom. The van der Waals surface area contributed by atoms with E-state index < -0.39 is 5.91 Å². The molecular weight excluding hydrogens is 614 g/mol. The summed E-state index contributed by atoms with van der Waals surface area (Å²) in [5.41, 5.74) is 2.72. The highest BCUT2D eigenvalue weighted by Crippen LogP contribution is 2.36. The minimum Gasteiger partial charge on any atom is -0.486 e. The Kier molecular flexibility index (Phi) is 8.86. The molecule has 0 unspecified atom stereocenters. The number of nitrogens with one attached hydrogen (secondary N) is 1. The summed E-state index contributed by atoms with van der Waals surface area (Å²) < 4.78 is 7.18. The number of nitriles is 1. The van der Waals surface area contributed by atoms with Crippen molar-refractivity contribution < 1.29 is 9.53 Å². The van der Waals surface area contributed by atoms with Crippen molar-refractivity contribution in [1.29, 1.82) is 5.26 Å². The van der Waals surface area contributed by atoms with Crippen LogP contribution in [0, 0.1) is 18.3 Å². The molecule has 0 fully saturated rings. The molecule has 0 bridgehead atoms. The van der Waals surface area contributed by atoms with Gasteiger partial charge < -0.3 is 10.1 Å². The molecule has 1 amide bonds. The Morgan fingerprint density at radius 1 is 1.06 bits per heavy atom. The lowest BCUT2D eigenvalue weighted by molar-refractivity contribution is -0.112. The van der Waals surface area contributed by atoms with Crippen LogP contribution in [-0.2, 0) is 11.4 Å². The van der Waals surface area contributed by atoms with Crippen LogP contribution in [0.1, 0.15) is 16.7 Å². The average Bonchev–Trinajstić information content (AvgIpc) is 2.75. The summed E-state index contributed by atoms with van der Waals surface area (Å²) in [5.74, 6) is 0.0171. The molecule has 33 heavy (non-hydrogen) atoms. The van der Waals surface area contributed by atoms with Crippen LogP contribution < -0.4 is 10.1 Å². The largest absolute Gasteiger partial charge is 0.486 e. The Bertz CT molecular complexity index is 1280. The number of carbonyl (C=O) groups is 1. The smallest absolute Gasteiger partial charge is 0.266 e. The molecule has 1 N–H and O–H groups in total. The average molecular weight is 630 g/mol. The normalized spacial score (nSPS) is 11.1. The molecule has 0 heterocycles. The highest BCUT2D eigenvalue weighted by molar-refractivity contribution is 9.11. The fourth-order valence-corrected chi connectivity index (χ4v) is 4.91. The summed E-state index contributed by atoms with van der Waals surface area (Å²) in [4.78, 5) is 12.6. The van der Waals surface area contributed by atoms with Gasteiger partial charge in [-0.3, -0.25) is 4.79 Å². The zero-order valence-electron chi connectivity index (χ0n) is 17.1. The minimum atomic E-state index is -0.534. The SMILES string of the molecule is Cc1ccc(Cl)cc1NC(=O)/C(C#N)=C/c1cc(Br)c(OCc2ccc(Cl)cc2Cl)c(Br)c1. The second-order valence-electron chi connectivity index (χ2n) is 6.92. The van der Waals surface area contributed by atoms with Crippen LogP contribution in [0.2, 0.25) is 15.1 Å². The van der Waals surface area contributed by atoms with Crippen LogP contribution in [0.15, 0.2) is 63.0 Å². The summed E-state index contributed by atoms with van der Waals surface area (Å²) >= 11 is 25.1. The van der Waals surface area contributed by atoms with Gasteiger partial charge in [0, 0.05) is 26.3 Å². The molecule has 0 aliphatic carbocycles. The number of halogens is 5. The van der Waals surface area contributed by atoms with Gasteiger partial charge in [0.2, 0.25) is 0 Å². The van der Waals surface area contributed by atoms with Crippen molar-refractivity contribution in [2.24, 2.45) is 0 Å². The quantitative estimate of drug-likeness (QED) is 0.220. The Balaban J connectivity index is 1.80. The van der Waals surface area contributed by atoms with Crippen molar-refractivity contribution in [3.05, 3.63) is 94.8 Å². The minimum absolute atomic E-state index is 0.0604. The number of ether oxygens (including phenoxy) is 1. The third-order valence-corrected chi connectivity index (χ3v) is 6.53. The first-order valence-corrected chi connectivity index (χ1v) is 12.1. The molecular formula is C24H15Br2Cl3N2O2. The van der Waals surface area contributed by atoms with Crippen molar-refractivity contribution >= 4 is 84.3 Å². The summed E-state index contributed by atoms with van der Waals surface area (Å²) in [7, 11) is 0. The van der Waals surface area contributed by atoms with Gasteiger partial charge in [-0.1, -0.05) is 46.9 Å². The van der Waals surface area contributed by atoms with Crippen LogP contribution in [-0.4, -0.2) is 5.91 Å². The number of hydrogen-bond acceptors (Lipinski definition) is 3. The van der Waals surface area contributed by atoms with E-state index in [0.29, 0.717) is 41.0 Å². The van der Waals surface area contributed by atoms with Crippen molar-refractivity contribution in [2.45, 2.75) is 13.5 Å². The summed E-state index contributed by atoms with van der Waals surface area (Å²) in [6.45, 7) is 2.07. The van der Waals surface area contributed by atoms with Gasteiger partial charge in [0.25, 0.3) is 5.91 Å². The molecule has 0 saturated heterocycles. The van der Waals surface area contributed by atoms with Crippen LogP contribution >= 0.6 is 66.7 Å². The molecule has 168 valence electrons. The van der Waals surface area contributed by atoms with E-state index in [1.807, 2.05) is 13.0 Å². The van der Waals surface area contributed by atoms with Crippen LogP contribution in [0.4, 0.5) is 5.69 Å². The molecule has 0 saturated carbocycles. The zero-order chi connectivity index (χ0) is 24.1. The number of anilines is 1. The maximum absolute atomic E-state index is 12.6. The number of rotatable bonds is 6. The van der Waals surface area contributed by atoms with Gasteiger partial charge in [-0.2, -0.15) is 5.26 Å². The summed E-state index contributed by atoms with van der Waals surface area (Å²) in [6, 6.07) is 15.8. The Labute approximate surface area is 223 Å². The number of carbonyl (C=O) groups excluding carboxylic acids is 1.